The molecule has 0 aromatic carbocycles. The van der Waals surface area contributed by atoms with Gasteiger partial charge in [-0.05, 0) is 49.2 Å². The first-order valence-corrected chi connectivity index (χ1v) is 5.69. The Kier molecular flexibility index (Phi) is 19.2. The topological polar surface area (TPSA) is 147 Å². The van der Waals surface area contributed by atoms with Gasteiger partial charge in [-0.25, -0.2) is 20.8 Å². The smallest absolute Gasteiger partial charge is 0.265 e. The molecule has 0 saturated carbocycles. The maximum atomic E-state index is 8.47. The van der Waals surface area contributed by atoms with Crippen LogP contribution in [0.5, 0.6) is 0 Å². The molecule has 0 atom stereocenters. The molecule has 2 heterocycles. The van der Waals surface area contributed by atoms with E-state index in [1.54, 1.807) is 24.8 Å². The van der Waals surface area contributed by atoms with Crippen LogP contribution in [0.1, 0.15) is 11.1 Å². The summed E-state index contributed by atoms with van der Waals surface area (Å²) >= 11 is 0. The molecule has 23 heavy (non-hydrogen) atoms. The van der Waals surface area contributed by atoms with Gasteiger partial charge in [0.15, 0.2) is 0 Å². The molecule has 0 saturated heterocycles. The number of hydrogen-bond donors (Lipinski definition) is 4. The van der Waals surface area contributed by atoms with Crippen molar-refractivity contribution >= 4 is 0 Å². The minimum atomic E-state index is -1.25. The van der Waals surface area contributed by atoms with E-state index < -0.39 is 10.2 Å². The molecule has 11 heteroatoms. The number of aryl methyl sites for hydroxylation is 2. The van der Waals surface area contributed by atoms with Crippen LogP contribution >= 0.6 is 0 Å². The summed E-state index contributed by atoms with van der Waals surface area (Å²) in [4.78, 5) is 24.6. The van der Waals surface area contributed by atoms with Crippen LogP contribution in [0.2, 0.25) is 0 Å². The van der Waals surface area contributed by atoms with Crippen molar-refractivity contribution in [1.29, 1.82) is 0 Å². The van der Waals surface area contributed by atoms with E-state index in [9.17, 15) is 0 Å². The van der Waals surface area contributed by atoms with Crippen LogP contribution in [0.15, 0.2) is 49.1 Å². The minimum absolute atomic E-state index is 0. The van der Waals surface area contributed by atoms with Crippen molar-refractivity contribution in [2.45, 2.75) is 13.8 Å². The van der Waals surface area contributed by atoms with Crippen molar-refractivity contribution in [3.63, 3.8) is 0 Å². The van der Waals surface area contributed by atoms with Gasteiger partial charge in [-0.15, -0.1) is 0 Å². The van der Waals surface area contributed by atoms with Crippen LogP contribution in [0.4, 0.5) is 0 Å². The van der Waals surface area contributed by atoms with Crippen molar-refractivity contribution in [3.05, 3.63) is 70.0 Å². The molecule has 2 aromatic heterocycles. The fourth-order valence-electron chi connectivity index (χ4n) is 0.853. The number of aromatic nitrogens is 2. The summed E-state index contributed by atoms with van der Waals surface area (Å²) in [5, 5.41) is 25.1. The molecule has 0 amide bonds. The Morgan fingerprint density at radius 3 is 0.957 bits per heavy atom. The molecule has 0 radical (unpaired) electrons. The molecule has 2 rings (SSSR count). The standard InChI is InChI=1S/2C6H7N.2H2NO3.Pt/c2*1-6-2-4-7-5-3-6;2*2-1(3)4;/h2*2-5H,1H3;2*(H2,2,3,4);/q;;2*+1;. The maximum Gasteiger partial charge on any atom is 0.472 e. The summed E-state index contributed by atoms with van der Waals surface area (Å²) in [6.45, 7) is 4.09. The minimum Gasteiger partial charge on any atom is -0.265 e. The molecule has 10 nitrogen and oxygen atoms in total. The molecule has 0 unspecified atom stereocenters. The number of nitrogens with zero attached hydrogens (tertiary/aromatic N) is 4. The van der Waals surface area contributed by atoms with Gasteiger partial charge in [-0.3, -0.25) is 9.97 Å². The van der Waals surface area contributed by atoms with Crippen LogP contribution in [-0.4, -0.2) is 41.0 Å². The van der Waals surface area contributed by atoms with E-state index in [1.807, 2.05) is 38.1 Å². The summed E-state index contributed by atoms with van der Waals surface area (Å²) in [5.74, 6) is 0. The van der Waals surface area contributed by atoms with E-state index in [0.717, 1.165) is 0 Å². The van der Waals surface area contributed by atoms with Gasteiger partial charge >= 0.3 is 10.2 Å². The third-order valence-corrected chi connectivity index (χ3v) is 1.69. The van der Waals surface area contributed by atoms with Gasteiger partial charge < -0.3 is 0 Å². The monoisotopic (exact) mass is 509 g/mol. The van der Waals surface area contributed by atoms with Crippen LogP contribution in [0, 0.1) is 23.7 Å². The maximum absolute atomic E-state index is 8.47. The van der Waals surface area contributed by atoms with Gasteiger partial charge in [0, 0.05) is 45.9 Å². The normalized spacial score (nSPS) is 7.39. The van der Waals surface area contributed by atoms with Crippen LogP contribution < -0.4 is 0 Å². The van der Waals surface area contributed by atoms with E-state index in [2.05, 4.69) is 9.97 Å². The second-order valence-corrected chi connectivity index (χ2v) is 3.55. The Hall–Kier alpha value is -2.61. The largest absolute Gasteiger partial charge is 0.472 e. The van der Waals surface area contributed by atoms with Gasteiger partial charge in [0.2, 0.25) is 0 Å². The van der Waals surface area contributed by atoms with Gasteiger partial charge in [0.1, 0.15) is 9.81 Å². The predicted octanol–water partition coefficient (Wildman–Crippen LogP) is 1.86. The zero-order valence-electron chi connectivity index (χ0n) is 12.3. The van der Waals surface area contributed by atoms with Gasteiger partial charge in [0.25, 0.3) is 0 Å². The van der Waals surface area contributed by atoms with E-state index in [1.165, 1.54) is 11.1 Å². The fourth-order valence-corrected chi connectivity index (χ4v) is 0.853. The fraction of sp³-hybridized carbons (Fsp3) is 0.167. The molecular weight excluding hydrogens is 491 g/mol. The molecule has 0 fully saturated rings. The van der Waals surface area contributed by atoms with Gasteiger partial charge in [-0.2, -0.15) is 0 Å². The SMILES string of the molecule is Cc1ccncc1.Cc1ccncc1.O=[N+](O)O.O=[N+](O)O.[Pt]. The molecule has 0 spiro atoms. The van der Waals surface area contributed by atoms with Crippen molar-refractivity contribution in [2.24, 2.45) is 0 Å². The van der Waals surface area contributed by atoms with Crippen molar-refractivity contribution in [1.82, 2.24) is 9.97 Å². The summed E-state index contributed by atoms with van der Waals surface area (Å²) in [7, 11) is 0. The van der Waals surface area contributed by atoms with Crippen molar-refractivity contribution < 1.29 is 52.1 Å². The van der Waals surface area contributed by atoms with Gasteiger partial charge in [0.05, 0.1) is 0 Å². The van der Waals surface area contributed by atoms with E-state index in [-0.39, 0.29) is 21.1 Å². The molecule has 2 aromatic rings. The summed E-state index contributed by atoms with van der Waals surface area (Å²) < 4.78 is 0. The quantitative estimate of drug-likeness (QED) is 0.394. The Bertz CT molecular complexity index is 472. The Labute approximate surface area is 146 Å². The molecule has 0 aliphatic carbocycles. The zero-order chi connectivity index (χ0) is 17.4. The zero-order valence-corrected chi connectivity index (χ0v) is 14.6. The summed E-state index contributed by atoms with van der Waals surface area (Å²) in [6, 6.07) is 7.89. The molecule has 4 N–H and O–H groups in total. The predicted molar refractivity (Wildman–Crippen MR) is 72.3 cm³/mol. The molecule has 0 aliphatic heterocycles. The molecule has 0 aliphatic rings. The molecular formula is C12H18N4O6Pt+2. The van der Waals surface area contributed by atoms with Crippen molar-refractivity contribution in [3.8, 4) is 0 Å². The number of pyridine rings is 2. The average Bonchev–Trinajstić information content (AvgIpc) is 2.40. The van der Waals surface area contributed by atoms with Crippen LogP contribution in [-0.2, 0) is 21.1 Å². The summed E-state index contributed by atoms with van der Waals surface area (Å²) in [5.41, 5.74) is 2.52. The Balaban J connectivity index is -0.000000238. The molecule has 0 bridgehead atoms. The number of hydrogen-bond acceptors (Lipinski definition) is 4. The van der Waals surface area contributed by atoms with Crippen LogP contribution in [0.25, 0.3) is 0 Å². The first-order valence-electron chi connectivity index (χ1n) is 5.69. The van der Waals surface area contributed by atoms with Crippen molar-refractivity contribution in [2.75, 3.05) is 0 Å². The van der Waals surface area contributed by atoms with E-state index >= 15 is 0 Å². The average molecular weight is 509 g/mol. The second kappa shape index (κ2) is 17.4. The Morgan fingerprint density at radius 1 is 0.696 bits per heavy atom. The first kappa shape index (κ1) is 25.3. The molecule has 130 valence electrons. The third-order valence-electron chi connectivity index (χ3n) is 1.69. The third kappa shape index (κ3) is 32.7. The van der Waals surface area contributed by atoms with Gasteiger partial charge in [-0.1, -0.05) is 0 Å². The Morgan fingerprint density at radius 2 is 0.870 bits per heavy atom. The van der Waals surface area contributed by atoms with Crippen LogP contribution in [0.3, 0.4) is 0 Å². The van der Waals surface area contributed by atoms with E-state index in [4.69, 9.17) is 30.6 Å². The second-order valence-electron chi connectivity index (χ2n) is 3.55. The van der Waals surface area contributed by atoms with E-state index in [0.29, 0.717) is 0 Å². The summed E-state index contributed by atoms with van der Waals surface area (Å²) in [6.07, 6.45) is 7.15. The first-order chi connectivity index (χ1) is 10.3. The number of rotatable bonds is 0.